The molecule has 0 saturated carbocycles. The number of sulfonamides is 1. The predicted molar refractivity (Wildman–Crippen MR) is 117 cm³/mol. The summed E-state index contributed by atoms with van der Waals surface area (Å²) >= 11 is 0. The lowest BCUT2D eigenvalue weighted by atomic mass is 10.1. The number of hydrogen-bond acceptors (Lipinski definition) is 3. The fraction of sp³-hybridized carbons (Fsp3) is 0.391. The van der Waals surface area contributed by atoms with E-state index in [1.165, 1.54) is 35.6 Å². The summed E-state index contributed by atoms with van der Waals surface area (Å²) in [4.78, 5) is 15.0. The molecule has 1 aliphatic heterocycles. The highest BCUT2D eigenvalue weighted by Gasteiger charge is 2.24. The Hall–Kier alpha value is -2.55. The summed E-state index contributed by atoms with van der Waals surface area (Å²) in [5.41, 5.74) is 2.64. The number of unbranched alkanes of at least 4 members (excludes halogenated alkanes) is 2. The standard InChI is InChI=1S/C23H29N3O4S/c27-23(28)21(26-31(29,30)20-12-6-4-7-13-20)14-8-3-1-2-5-11-19-16-15-18-10-9-17-24-22(18)25-19/h3-4,6-8,12-13,15-16,21,26H,1-2,5,9-11,14,17H2,(H,24,25)(H,27,28)/p+2/b8-3+. The number of aromatic amines is 1. The topological polar surface area (TPSA) is 114 Å². The van der Waals surface area contributed by atoms with E-state index < -0.39 is 22.0 Å². The fourth-order valence-corrected chi connectivity index (χ4v) is 4.88. The molecule has 31 heavy (non-hydrogen) atoms. The lowest BCUT2D eigenvalue weighted by Crippen LogP contribution is -2.82. The van der Waals surface area contributed by atoms with E-state index >= 15 is 0 Å². The van der Waals surface area contributed by atoms with Gasteiger partial charge in [-0.25, -0.2) is 8.42 Å². The van der Waals surface area contributed by atoms with Gasteiger partial charge in [-0.3, -0.25) is 10.1 Å². The molecule has 0 aliphatic carbocycles. The first-order valence-electron chi connectivity index (χ1n) is 10.8. The number of quaternary nitrogens is 1. The molecule has 2 heterocycles. The number of carbonyl (C=O) groups is 1. The number of aliphatic carboxylic acids is 1. The average molecular weight is 446 g/mol. The second-order valence-corrected chi connectivity index (χ2v) is 9.51. The van der Waals surface area contributed by atoms with E-state index in [4.69, 9.17) is 0 Å². The molecule has 2 aromatic rings. The van der Waals surface area contributed by atoms with Crippen LogP contribution >= 0.6 is 0 Å². The summed E-state index contributed by atoms with van der Waals surface area (Å²) in [6, 6.07) is 11.0. The van der Waals surface area contributed by atoms with Crippen molar-refractivity contribution in [2.24, 2.45) is 0 Å². The van der Waals surface area contributed by atoms with Gasteiger partial charge in [0.1, 0.15) is 6.04 Å². The number of nitrogens with two attached hydrogens (primary N) is 1. The maximum atomic E-state index is 12.3. The number of aryl methyl sites for hydroxylation is 2. The minimum absolute atomic E-state index is 0.0572. The van der Waals surface area contributed by atoms with Crippen LogP contribution in [0.3, 0.4) is 0 Å². The largest absolute Gasteiger partial charge is 0.480 e. The fourth-order valence-electron chi connectivity index (χ4n) is 3.65. The SMILES string of the molecule is O=C(O)C(C/C=C/CCCCc1ccc2c([nH+]1)[NH2+]CCC2)NS(=O)(=O)c1ccccc1. The first-order chi connectivity index (χ1) is 15.0. The predicted octanol–water partition coefficient (Wildman–Crippen LogP) is 1.73. The first kappa shape index (κ1) is 23.1. The summed E-state index contributed by atoms with van der Waals surface area (Å²) in [7, 11) is -3.86. The Kier molecular flexibility index (Phi) is 8.34. The van der Waals surface area contributed by atoms with Gasteiger partial charge in [-0.2, -0.15) is 9.71 Å². The van der Waals surface area contributed by atoms with Gasteiger partial charge >= 0.3 is 11.8 Å². The van der Waals surface area contributed by atoms with Crippen molar-refractivity contribution in [3.8, 4) is 0 Å². The molecule has 1 aliphatic rings. The van der Waals surface area contributed by atoms with Gasteiger partial charge < -0.3 is 5.11 Å². The third kappa shape index (κ3) is 6.99. The highest BCUT2D eigenvalue weighted by Crippen LogP contribution is 2.13. The number of benzene rings is 1. The Morgan fingerprint density at radius 2 is 1.97 bits per heavy atom. The molecule has 1 unspecified atom stereocenters. The zero-order valence-corrected chi connectivity index (χ0v) is 18.4. The van der Waals surface area contributed by atoms with Crippen LogP contribution in [-0.2, 0) is 27.7 Å². The van der Waals surface area contributed by atoms with Gasteiger partial charge in [0, 0.05) is 18.9 Å². The lowest BCUT2D eigenvalue weighted by molar-refractivity contribution is -0.653. The van der Waals surface area contributed by atoms with E-state index in [0.29, 0.717) is 0 Å². The van der Waals surface area contributed by atoms with Crippen molar-refractivity contribution in [3.63, 3.8) is 0 Å². The molecule has 0 saturated heterocycles. The van der Waals surface area contributed by atoms with Gasteiger partial charge in [0.05, 0.1) is 17.0 Å². The summed E-state index contributed by atoms with van der Waals surface area (Å²) in [6.45, 7) is 1.14. The van der Waals surface area contributed by atoms with Crippen molar-refractivity contribution < 1.29 is 28.6 Å². The van der Waals surface area contributed by atoms with Gasteiger partial charge in [-0.05, 0) is 50.3 Å². The molecule has 166 valence electrons. The Labute approximate surface area is 183 Å². The van der Waals surface area contributed by atoms with E-state index in [-0.39, 0.29) is 11.3 Å². The number of hydrogen-bond donors (Lipinski definition) is 3. The van der Waals surface area contributed by atoms with E-state index in [9.17, 15) is 18.3 Å². The Morgan fingerprint density at radius 1 is 1.16 bits per heavy atom. The molecule has 7 nitrogen and oxygen atoms in total. The highest BCUT2D eigenvalue weighted by atomic mass is 32.2. The Balaban J connectivity index is 1.41. The smallest absolute Gasteiger partial charge is 0.367 e. The molecule has 0 amide bonds. The van der Waals surface area contributed by atoms with Gasteiger partial charge in [0.2, 0.25) is 10.0 Å². The van der Waals surface area contributed by atoms with Gasteiger partial charge in [0.15, 0.2) is 5.69 Å². The second kappa shape index (κ2) is 11.2. The number of nitrogens with one attached hydrogen (secondary N) is 2. The van der Waals surface area contributed by atoms with Crippen molar-refractivity contribution in [2.45, 2.75) is 55.9 Å². The van der Waals surface area contributed by atoms with Gasteiger partial charge in [0.25, 0.3) is 0 Å². The number of allylic oxidation sites excluding steroid dienone is 1. The molecule has 1 atom stereocenters. The number of pyridine rings is 1. The average Bonchev–Trinajstić information content (AvgIpc) is 2.78. The van der Waals surface area contributed by atoms with Crippen molar-refractivity contribution in [3.05, 3.63) is 65.9 Å². The van der Waals surface area contributed by atoms with Crippen molar-refractivity contribution in [1.29, 1.82) is 0 Å². The third-order valence-electron chi connectivity index (χ3n) is 5.38. The maximum Gasteiger partial charge on any atom is 0.367 e. The Morgan fingerprint density at radius 3 is 2.74 bits per heavy atom. The molecular weight excluding hydrogens is 414 g/mol. The number of rotatable bonds is 11. The van der Waals surface area contributed by atoms with Crippen LogP contribution in [0, 0.1) is 0 Å². The van der Waals surface area contributed by atoms with Crippen LogP contribution in [-0.4, -0.2) is 32.1 Å². The summed E-state index contributed by atoms with van der Waals surface area (Å²) in [5, 5.41) is 11.6. The molecule has 0 radical (unpaired) electrons. The second-order valence-electron chi connectivity index (χ2n) is 7.80. The monoisotopic (exact) mass is 445 g/mol. The number of carboxylic acid groups (broad SMARTS) is 1. The molecule has 0 fully saturated rings. The maximum absolute atomic E-state index is 12.3. The van der Waals surface area contributed by atoms with Crippen LogP contribution < -0.4 is 15.0 Å². The molecule has 0 spiro atoms. The van der Waals surface area contributed by atoms with Gasteiger partial charge in [-0.15, -0.1) is 0 Å². The quantitative estimate of drug-likeness (QED) is 0.361. The molecule has 8 heteroatoms. The van der Waals surface area contributed by atoms with Gasteiger partial charge in [-0.1, -0.05) is 30.4 Å². The van der Waals surface area contributed by atoms with Crippen LogP contribution in [0.1, 0.15) is 43.4 Å². The molecular formula is C23H31N3O4S+2. The third-order valence-corrected chi connectivity index (χ3v) is 6.87. The van der Waals surface area contributed by atoms with Crippen molar-refractivity contribution >= 4 is 21.8 Å². The molecule has 5 N–H and O–H groups in total. The van der Waals surface area contributed by atoms with Crippen molar-refractivity contribution in [2.75, 3.05) is 6.54 Å². The van der Waals surface area contributed by atoms with Crippen LogP contribution in [0.5, 0.6) is 0 Å². The first-order valence-corrected chi connectivity index (χ1v) is 12.3. The van der Waals surface area contributed by atoms with Crippen LogP contribution in [0.2, 0.25) is 0 Å². The zero-order valence-electron chi connectivity index (χ0n) is 17.6. The lowest BCUT2D eigenvalue weighted by Gasteiger charge is -2.13. The van der Waals surface area contributed by atoms with Crippen LogP contribution in [0.15, 0.2) is 59.5 Å². The van der Waals surface area contributed by atoms with E-state index in [1.54, 1.807) is 24.3 Å². The van der Waals surface area contributed by atoms with E-state index in [1.807, 2.05) is 6.08 Å². The number of aromatic nitrogens is 1. The summed E-state index contributed by atoms with van der Waals surface area (Å²) in [5.74, 6) is 0.0743. The molecule has 0 bridgehead atoms. The minimum Gasteiger partial charge on any atom is -0.480 e. The molecule has 3 rings (SSSR count). The molecule has 1 aromatic carbocycles. The Bertz CT molecular complexity index is 1010. The number of H-pyrrole nitrogens is 1. The van der Waals surface area contributed by atoms with E-state index in [2.05, 4.69) is 27.2 Å². The molecule has 1 aromatic heterocycles. The number of carboxylic acids is 1. The normalized spacial score (nSPS) is 15.0. The number of fused-ring (bicyclic) bond motifs is 1. The highest BCUT2D eigenvalue weighted by molar-refractivity contribution is 7.89. The summed E-state index contributed by atoms with van der Waals surface area (Å²) < 4.78 is 27.0. The van der Waals surface area contributed by atoms with Crippen LogP contribution in [0.25, 0.3) is 0 Å². The minimum atomic E-state index is -3.86. The summed E-state index contributed by atoms with van der Waals surface area (Å²) in [6.07, 6.45) is 9.97. The van der Waals surface area contributed by atoms with Crippen LogP contribution in [0.4, 0.5) is 5.82 Å². The van der Waals surface area contributed by atoms with E-state index in [0.717, 1.165) is 38.6 Å². The zero-order chi connectivity index (χ0) is 22.1. The van der Waals surface area contributed by atoms with Crippen molar-refractivity contribution in [1.82, 2.24) is 4.72 Å².